The third kappa shape index (κ3) is 5.69. The first kappa shape index (κ1) is 22.4. The van der Waals surface area contributed by atoms with E-state index in [2.05, 4.69) is 16.7 Å². The van der Waals surface area contributed by atoms with E-state index in [1.807, 2.05) is 24.3 Å². The number of nitrogens with one attached hydrogen (secondary N) is 2. The highest BCUT2D eigenvalue weighted by molar-refractivity contribution is 6.02. The van der Waals surface area contributed by atoms with Crippen molar-refractivity contribution in [2.45, 2.75) is 13.2 Å². The number of hydrogen-bond acceptors (Lipinski definition) is 5. The summed E-state index contributed by atoms with van der Waals surface area (Å²) in [7, 11) is 0. The van der Waals surface area contributed by atoms with Crippen molar-refractivity contribution in [3.05, 3.63) is 119 Å². The molecule has 0 aliphatic rings. The lowest BCUT2D eigenvalue weighted by molar-refractivity contribution is 0.0949. The third-order valence-corrected chi connectivity index (χ3v) is 5.04. The van der Waals surface area contributed by atoms with Gasteiger partial charge < -0.3 is 19.8 Å². The molecule has 3 aromatic carbocycles. The Kier molecular flexibility index (Phi) is 7.01. The zero-order valence-electron chi connectivity index (χ0n) is 18.2. The Morgan fingerprint density at radius 3 is 2.50 bits per heavy atom. The molecule has 0 radical (unpaired) electrons. The predicted molar refractivity (Wildman–Crippen MR) is 126 cm³/mol. The lowest BCUT2D eigenvalue weighted by Crippen LogP contribution is -2.22. The largest absolute Gasteiger partial charge is 0.489 e. The highest BCUT2D eigenvalue weighted by Gasteiger charge is 2.10. The third-order valence-electron chi connectivity index (χ3n) is 5.04. The van der Waals surface area contributed by atoms with E-state index >= 15 is 0 Å². The van der Waals surface area contributed by atoms with Crippen molar-refractivity contribution in [1.29, 1.82) is 5.26 Å². The van der Waals surface area contributed by atoms with Gasteiger partial charge in [-0.2, -0.15) is 5.26 Å². The highest BCUT2D eigenvalue weighted by atomic mass is 16.5. The molecule has 0 saturated carbocycles. The van der Waals surface area contributed by atoms with Crippen LogP contribution >= 0.6 is 0 Å². The van der Waals surface area contributed by atoms with Crippen LogP contribution in [0.3, 0.4) is 0 Å². The fourth-order valence-corrected chi connectivity index (χ4v) is 3.23. The number of nitriles is 1. The van der Waals surface area contributed by atoms with Crippen LogP contribution in [0, 0.1) is 11.3 Å². The minimum absolute atomic E-state index is 0.233. The molecule has 0 fully saturated rings. The van der Waals surface area contributed by atoms with Crippen molar-refractivity contribution in [3.8, 4) is 11.8 Å². The zero-order valence-corrected chi connectivity index (χ0v) is 18.2. The number of carbonyl (C=O) groups is 2. The Morgan fingerprint density at radius 2 is 1.74 bits per heavy atom. The second-order valence-corrected chi connectivity index (χ2v) is 7.40. The fraction of sp³-hybridized carbons (Fsp3) is 0.0741. The normalized spacial score (nSPS) is 10.2. The molecule has 4 aromatic rings. The number of carbonyl (C=O) groups excluding carboxylic acids is 2. The molecule has 7 heteroatoms. The summed E-state index contributed by atoms with van der Waals surface area (Å²) in [5, 5.41) is 14.8. The van der Waals surface area contributed by atoms with Crippen molar-refractivity contribution in [2.24, 2.45) is 0 Å². The number of amides is 2. The molecule has 0 unspecified atom stereocenters. The molecule has 0 bridgehead atoms. The molecule has 0 aliphatic carbocycles. The zero-order chi connectivity index (χ0) is 23.8. The van der Waals surface area contributed by atoms with Crippen molar-refractivity contribution >= 4 is 17.5 Å². The number of hydrogen-bond donors (Lipinski definition) is 2. The summed E-state index contributed by atoms with van der Waals surface area (Å²) in [6.07, 6.45) is 1.44. The Morgan fingerprint density at radius 1 is 0.912 bits per heavy atom. The minimum Gasteiger partial charge on any atom is -0.489 e. The maximum absolute atomic E-state index is 12.6. The molecule has 7 nitrogen and oxygen atoms in total. The smallest absolute Gasteiger partial charge is 0.291 e. The molecule has 34 heavy (non-hydrogen) atoms. The summed E-state index contributed by atoms with van der Waals surface area (Å²) in [6.45, 7) is 0.559. The van der Waals surface area contributed by atoms with Gasteiger partial charge in [0, 0.05) is 23.4 Å². The van der Waals surface area contributed by atoms with E-state index < -0.39 is 0 Å². The fourth-order valence-electron chi connectivity index (χ4n) is 3.23. The molecular formula is C27H21N3O4. The topological polar surface area (TPSA) is 104 Å². The molecule has 4 rings (SSSR count). The second kappa shape index (κ2) is 10.7. The summed E-state index contributed by atoms with van der Waals surface area (Å²) in [6, 6.07) is 26.7. The van der Waals surface area contributed by atoms with Crippen molar-refractivity contribution in [1.82, 2.24) is 5.32 Å². The molecule has 0 atom stereocenters. The number of nitrogens with zero attached hydrogens (tertiary/aromatic N) is 1. The minimum atomic E-state index is -0.329. The van der Waals surface area contributed by atoms with Gasteiger partial charge in [-0.05, 0) is 54.1 Å². The molecule has 1 aromatic heterocycles. The van der Waals surface area contributed by atoms with Crippen LogP contribution < -0.4 is 15.4 Å². The van der Waals surface area contributed by atoms with Gasteiger partial charge in [0.15, 0.2) is 5.76 Å². The van der Waals surface area contributed by atoms with E-state index in [0.29, 0.717) is 29.1 Å². The van der Waals surface area contributed by atoms with Crippen LogP contribution in [0.1, 0.15) is 37.6 Å². The first-order valence-electron chi connectivity index (χ1n) is 10.6. The van der Waals surface area contributed by atoms with Crippen LogP contribution in [0.2, 0.25) is 0 Å². The molecule has 0 aliphatic heterocycles. The Labute approximate surface area is 196 Å². The molecule has 0 spiro atoms. The molecule has 2 amide bonds. The number of rotatable bonds is 8. The molecular weight excluding hydrogens is 430 g/mol. The average molecular weight is 451 g/mol. The lowest BCUT2D eigenvalue weighted by atomic mass is 10.1. The predicted octanol–water partition coefficient (Wildman–Crippen LogP) is 4.91. The quantitative estimate of drug-likeness (QED) is 0.396. The molecule has 2 N–H and O–H groups in total. The summed E-state index contributed by atoms with van der Waals surface area (Å²) in [5.41, 5.74) is 3.31. The van der Waals surface area contributed by atoms with E-state index in [0.717, 1.165) is 11.1 Å². The summed E-state index contributed by atoms with van der Waals surface area (Å²) in [4.78, 5) is 24.6. The van der Waals surface area contributed by atoms with E-state index in [1.54, 1.807) is 60.7 Å². The number of benzene rings is 3. The molecule has 1 heterocycles. The van der Waals surface area contributed by atoms with Gasteiger partial charge in [0.25, 0.3) is 11.8 Å². The molecule has 168 valence electrons. The molecule has 0 saturated heterocycles. The number of furan rings is 1. The first-order chi connectivity index (χ1) is 16.6. The van der Waals surface area contributed by atoms with Crippen LogP contribution in [0.5, 0.6) is 5.75 Å². The van der Waals surface area contributed by atoms with Gasteiger partial charge in [0.1, 0.15) is 12.4 Å². The Bertz CT molecular complexity index is 1320. The summed E-state index contributed by atoms with van der Waals surface area (Å²) < 4.78 is 10.9. The van der Waals surface area contributed by atoms with Gasteiger partial charge in [-0.3, -0.25) is 9.59 Å². The van der Waals surface area contributed by atoms with Crippen LogP contribution in [0.4, 0.5) is 5.69 Å². The van der Waals surface area contributed by atoms with E-state index in [1.165, 1.54) is 6.26 Å². The van der Waals surface area contributed by atoms with E-state index in [9.17, 15) is 14.9 Å². The van der Waals surface area contributed by atoms with Crippen molar-refractivity contribution in [2.75, 3.05) is 5.32 Å². The van der Waals surface area contributed by atoms with Crippen LogP contribution in [-0.2, 0) is 13.2 Å². The van der Waals surface area contributed by atoms with Gasteiger partial charge in [-0.25, -0.2) is 0 Å². The lowest BCUT2D eigenvalue weighted by Gasteiger charge is -2.10. The maximum atomic E-state index is 12.6. The number of anilines is 1. The van der Waals surface area contributed by atoms with Crippen LogP contribution in [0.15, 0.2) is 95.6 Å². The van der Waals surface area contributed by atoms with E-state index in [-0.39, 0.29) is 24.2 Å². The number of ether oxygens (including phenoxy) is 1. The van der Waals surface area contributed by atoms with Crippen LogP contribution in [0.25, 0.3) is 0 Å². The van der Waals surface area contributed by atoms with Crippen molar-refractivity contribution in [3.63, 3.8) is 0 Å². The van der Waals surface area contributed by atoms with Gasteiger partial charge in [-0.15, -0.1) is 0 Å². The summed E-state index contributed by atoms with van der Waals surface area (Å²) >= 11 is 0. The van der Waals surface area contributed by atoms with Crippen molar-refractivity contribution < 1.29 is 18.7 Å². The Hall–Kier alpha value is -4.83. The van der Waals surface area contributed by atoms with Gasteiger partial charge in [0.2, 0.25) is 0 Å². The van der Waals surface area contributed by atoms with Crippen LogP contribution in [-0.4, -0.2) is 11.8 Å². The Balaban J connectivity index is 1.31. The van der Waals surface area contributed by atoms with E-state index in [4.69, 9.17) is 9.15 Å². The second-order valence-electron chi connectivity index (χ2n) is 7.40. The highest BCUT2D eigenvalue weighted by Crippen LogP contribution is 2.17. The van der Waals surface area contributed by atoms with Gasteiger partial charge in [0.05, 0.1) is 17.9 Å². The average Bonchev–Trinajstić information content (AvgIpc) is 3.42. The first-order valence-corrected chi connectivity index (χ1v) is 10.6. The summed E-state index contributed by atoms with van der Waals surface area (Å²) in [5.74, 6) is 0.205. The van der Waals surface area contributed by atoms with Gasteiger partial charge >= 0.3 is 0 Å². The SMILES string of the molecule is N#Cc1ccccc1COc1cccc(C(=O)NCc2ccc(NC(=O)c3ccco3)cc2)c1. The van der Waals surface area contributed by atoms with Gasteiger partial charge in [-0.1, -0.05) is 36.4 Å². The maximum Gasteiger partial charge on any atom is 0.291 e. The standard InChI is InChI=1S/C27H21N3O4/c28-16-21-5-1-2-6-22(21)18-34-24-8-3-7-20(15-24)26(31)29-17-19-10-12-23(13-11-19)30-27(32)25-9-4-14-33-25/h1-15H,17-18H2,(H,29,31)(H,30,32). The monoisotopic (exact) mass is 451 g/mol.